The molecule has 1 rings (SSSR count). The summed E-state index contributed by atoms with van der Waals surface area (Å²) in [6.45, 7) is 5.64. The average molecular weight is 1020 g/mol. The summed E-state index contributed by atoms with van der Waals surface area (Å²) < 4.78 is 28.2. The van der Waals surface area contributed by atoms with Gasteiger partial charge in [0.25, 0.3) is 0 Å². The number of hydrogen-bond acceptors (Lipinski definition) is 11. The van der Waals surface area contributed by atoms with Gasteiger partial charge in [-0.15, -0.1) is 0 Å². The number of ether oxygens (including phenoxy) is 5. The number of carbonyl (C=O) groups is 4. The zero-order valence-corrected chi connectivity index (χ0v) is 45.3. The van der Waals surface area contributed by atoms with Gasteiger partial charge in [0.05, 0.1) is 13.0 Å². The van der Waals surface area contributed by atoms with Crippen molar-refractivity contribution in [2.75, 3.05) is 13.2 Å². The van der Waals surface area contributed by atoms with Crippen LogP contribution in [-0.2, 0) is 42.9 Å². The van der Waals surface area contributed by atoms with Crippen molar-refractivity contribution in [1.29, 1.82) is 0 Å². The summed E-state index contributed by atoms with van der Waals surface area (Å²) in [5.41, 5.74) is 0. The van der Waals surface area contributed by atoms with Crippen LogP contribution in [0.25, 0.3) is 0 Å². The smallest absolute Gasteiger partial charge is 0.335 e. The summed E-state index contributed by atoms with van der Waals surface area (Å²) in [6.07, 6.45) is 51.3. The molecule has 1 aliphatic heterocycles. The fourth-order valence-electron chi connectivity index (χ4n) is 7.93. The standard InChI is InChI=1S/C61H98O12/c1-4-7-10-13-16-19-22-24-26-27-29-30-33-35-38-41-44-47-53(62)69-50-52(71-54(63)48-45-42-39-37-34-31-28-25-23-20-17-14-11-8-5-2)51-70-61-59(57(66)56(65)58(73-61)60(67)68)72-55(64)49-46-43-40-36-32-21-18-15-12-9-6-3/h7-8,10-11,16-17,19-20,24-26,28,34,37,42,45,52,56-59,61,65-66H,4-6,9,12-15,18,21-23,27,29-33,35-36,38-41,43-44,46-51H2,1-3H3,(H,67,68)/b10-7-,11-8-,19-16-,20-17-,26-24-,28-25-,37-34-,45-42-. The van der Waals surface area contributed by atoms with Crippen LogP contribution in [0.2, 0.25) is 0 Å². The number of aliphatic carboxylic acids is 1. The van der Waals surface area contributed by atoms with Crippen LogP contribution in [0.4, 0.5) is 0 Å². The van der Waals surface area contributed by atoms with E-state index in [2.05, 4.69) is 93.7 Å². The molecule has 414 valence electrons. The second-order valence-corrected chi connectivity index (χ2v) is 18.8. The van der Waals surface area contributed by atoms with Gasteiger partial charge < -0.3 is 39.0 Å². The molecule has 0 aromatic carbocycles. The molecular formula is C61H98O12. The van der Waals surface area contributed by atoms with Crippen LogP contribution in [0.3, 0.4) is 0 Å². The number of aliphatic hydroxyl groups excluding tert-OH is 2. The molecule has 12 nitrogen and oxygen atoms in total. The highest BCUT2D eigenvalue weighted by Crippen LogP contribution is 2.26. The van der Waals surface area contributed by atoms with Crippen LogP contribution < -0.4 is 0 Å². The summed E-state index contributed by atoms with van der Waals surface area (Å²) in [4.78, 5) is 50.9. The van der Waals surface area contributed by atoms with Gasteiger partial charge in [0.2, 0.25) is 0 Å². The fraction of sp³-hybridized carbons (Fsp3) is 0.672. The van der Waals surface area contributed by atoms with Crippen LogP contribution in [0, 0.1) is 0 Å². The van der Waals surface area contributed by atoms with E-state index >= 15 is 0 Å². The minimum Gasteiger partial charge on any atom is -0.479 e. The Kier molecular flexibility index (Phi) is 44.4. The highest BCUT2D eigenvalue weighted by Gasteiger charge is 2.50. The van der Waals surface area contributed by atoms with Gasteiger partial charge in [-0.1, -0.05) is 214 Å². The van der Waals surface area contributed by atoms with Gasteiger partial charge in [-0.2, -0.15) is 0 Å². The third kappa shape index (κ3) is 38.8. The van der Waals surface area contributed by atoms with Crippen molar-refractivity contribution in [3.8, 4) is 0 Å². The molecule has 12 heteroatoms. The highest BCUT2D eigenvalue weighted by atomic mass is 16.7. The molecule has 6 atom stereocenters. The van der Waals surface area contributed by atoms with E-state index in [1.54, 1.807) is 6.08 Å². The molecule has 0 aliphatic carbocycles. The van der Waals surface area contributed by atoms with E-state index in [4.69, 9.17) is 23.7 Å². The number of carboxylic acid groups (broad SMARTS) is 1. The molecule has 0 bridgehead atoms. The third-order valence-electron chi connectivity index (χ3n) is 12.2. The first-order valence-electron chi connectivity index (χ1n) is 28.2. The monoisotopic (exact) mass is 1020 g/mol. The summed E-state index contributed by atoms with van der Waals surface area (Å²) >= 11 is 0. The van der Waals surface area contributed by atoms with Crippen LogP contribution >= 0.6 is 0 Å². The van der Waals surface area contributed by atoms with Crippen molar-refractivity contribution in [2.24, 2.45) is 0 Å². The van der Waals surface area contributed by atoms with Gasteiger partial charge in [0.1, 0.15) is 18.8 Å². The molecule has 1 heterocycles. The molecule has 0 amide bonds. The predicted molar refractivity (Wildman–Crippen MR) is 294 cm³/mol. The first-order chi connectivity index (χ1) is 35.6. The predicted octanol–water partition coefficient (Wildman–Crippen LogP) is 14.1. The number of unbranched alkanes of at least 4 members (excludes halogenated alkanes) is 17. The zero-order chi connectivity index (χ0) is 53.3. The van der Waals surface area contributed by atoms with Gasteiger partial charge in [-0.3, -0.25) is 14.4 Å². The third-order valence-corrected chi connectivity index (χ3v) is 12.2. The number of carboxylic acids is 1. The molecule has 6 unspecified atom stereocenters. The molecule has 73 heavy (non-hydrogen) atoms. The summed E-state index contributed by atoms with van der Waals surface area (Å²) in [5, 5.41) is 31.4. The maximum absolute atomic E-state index is 13.1. The first kappa shape index (κ1) is 66.7. The molecule has 0 aromatic heterocycles. The number of hydrogen-bond donors (Lipinski definition) is 3. The van der Waals surface area contributed by atoms with Crippen molar-refractivity contribution in [1.82, 2.24) is 0 Å². The lowest BCUT2D eigenvalue weighted by Crippen LogP contribution is -2.61. The molecular weight excluding hydrogens is 925 g/mol. The van der Waals surface area contributed by atoms with Crippen LogP contribution in [0.1, 0.15) is 213 Å². The molecule has 0 saturated carbocycles. The van der Waals surface area contributed by atoms with Crippen molar-refractivity contribution < 1.29 is 58.2 Å². The van der Waals surface area contributed by atoms with Gasteiger partial charge in [0.15, 0.2) is 24.6 Å². The van der Waals surface area contributed by atoms with E-state index in [0.717, 1.165) is 116 Å². The highest BCUT2D eigenvalue weighted by molar-refractivity contribution is 5.74. The summed E-state index contributed by atoms with van der Waals surface area (Å²) in [5.74, 6) is -3.31. The first-order valence-corrected chi connectivity index (χ1v) is 28.2. The molecule has 1 fully saturated rings. The zero-order valence-electron chi connectivity index (χ0n) is 45.3. The van der Waals surface area contributed by atoms with Crippen molar-refractivity contribution >= 4 is 23.9 Å². The van der Waals surface area contributed by atoms with Crippen molar-refractivity contribution in [3.63, 3.8) is 0 Å². The molecule has 0 radical (unpaired) electrons. The quantitative estimate of drug-likeness (QED) is 0.0228. The topological polar surface area (TPSA) is 175 Å². The lowest BCUT2D eigenvalue weighted by Gasteiger charge is -2.40. The Morgan fingerprint density at radius 2 is 0.904 bits per heavy atom. The molecule has 1 saturated heterocycles. The minimum atomic E-state index is -1.92. The van der Waals surface area contributed by atoms with Gasteiger partial charge in [0, 0.05) is 12.8 Å². The Labute approximate surface area is 441 Å². The van der Waals surface area contributed by atoms with Crippen molar-refractivity contribution in [3.05, 3.63) is 97.2 Å². The summed E-state index contributed by atoms with van der Waals surface area (Å²) in [6, 6.07) is 0. The van der Waals surface area contributed by atoms with Gasteiger partial charge in [-0.05, 0) is 77.0 Å². The number of rotatable bonds is 46. The molecule has 0 spiro atoms. The Bertz CT molecular complexity index is 1640. The Hall–Kier alpha value is -4.36. The van der Waals surface area contributed by atoms with Gasteiger partial charge in [-0.25, -0.2) is 4.79 Å². The molecule has 3 N–H and O–H groups in total. The number of carbonyl (C=O) groups excluding carboxylic acids is 3. The SMILES string of the molecule is CC/C=C\C/C=C\C/C=C\C/C=C\C/C=C\CC(=O)OC(COC(=O)CCCCCCCCC/C=C\C/C=C\C/C=C\CC)COC1OC(C(=O)O)C(O)C(O)C1OC(=O)CCCCCCCCCCCCC. The lowest BCUT2D eigenvalue weighted by atomic mass is 9.98. The maximum atomic E-state index is 13.1. The van der Waals surface area contributed by atoms with Crippen LogP contribution in [-0.4, -0.2) is 89.2 Å². The van der Waals surface area contributed by atoms with Crippen LogP contribution in [0.15, 0.2) is 97.2 Å². The van der Waals surface area contributed by atoms with E-state index in [1.807, 2.05) is 18.2 Å². The Morgan fingerprint density at radius 1 is 0.479 bits per heavy atom. The second kappa shape index (κ2) is 48.6. The number of esters is 3. The molecule has 1 aliphatic rings. The second-order valence-electron chi connectivity index (χ2n) is 18.8. The van der Waals surface area contributed by atoms with Crippen LogP contribution in [0.5, 0.6) is 0 Å². The van der Waals surface area contributed by atoms with Gasteiger partial charge >= 0.3 is 23.9 Å². The normalized spacial score (nSPS) is 19.1. The number of allylic oxidation sites excluding steroid dienone is 15. The Balaban J connectivity index is 2.76. The summed E-state index contributed by atoms with van der Waals surface area (Å²) in [7, 11) is 0. The average Bonchev–Trinajstić information content (AvgIpc) is 3.37. The van der Waals surface area contributed by atoms with Crippen molar-refractivity contribution in [2.45, 2.75) is 250 Å². The number of aliphatic hydroxyl groups is 2. The largest absolute Gasteiger partial charge is 0.479 e. The minimum absolute atomic E-state index is 0.0473. The van der Waals surface area contributed by atoms with E-state index in [-0.39, 0.29) is 25.9 Å². The Morgan fingerprint density at radius 3 is 1.38 bits per heavy atom. The fourth-order valence-corrected chi connectivity index (χ4v) is 7.93. The van der Waals surface area contributed by atoms with E-state index in [1.165, 1.54) is 38.5 Å². The maximum Gasteiger partial charge on any atom is 0.335 e. The lowest BCUT2D eigenvalue weighted by molar-refractivity contribution is -0.301. The molecule has 0 aromatic rings. The van der Waals surface area contributed by atoms with E-state index in [9.17, 15) is 34.5 Å². The van der Waals surface area contributed by atoms with E-state index in [0.29, 0.717) is 19.3 Å². The van der Waals surface area contributed by atoms with E-state index < -0.39 is 67.3 Å².